The zero-order valence-electron chi connectivity index (χ0n) is 16.6. The minimum absolute atomic E-state index is 0.220. The molecule has 148 valence electrons. The van der Waals surface area contributed by atoms with Crippen LogP contribution in [0.2, 0.25) is 0 Å². The molecule has 0 aliphatic carbocycles. The highest BCUT2D eigenvalue weighted by Crippen LogP contribution is 2.30. The van der Waals surface area contributed by atoms with E-state index < -0.39 is 0 Å². The first kappa shape index (κ1) is 19.0. The van der Waals surface area contributed by atoms with Gasteiger partial charge in [0.15, 0.2) is 0 Å². The lowest BCUT2D eigenvalue weighted by molar-refractivity contribution is 0.309. The first-order valence-electron chi connectivity index (χ1n) is 10.4. The molecule has 1 atom stereocenters. The summed E-state index contributed by atoms with van der Waals surface area (Å²) in [7, 11) is 0. The van der Waals surface area contributed by atoms with Crippen LogP contribution in [0.3, 0.4) is 0 Å². The molecule has 0 amide bonds. The maximum Gasteiger partial charge on any atom is 0.129 e. The van der Waals surface area contributed by atoms with Gasteiger partial charge in [-0.25, -0.2) is 4.39 Å². The summed E-state index contributed by atoms with van der Waals surface area (Å²) < 4.78 is 19.2. The standard InChI is InChI=1S/C24H29FN2O/c1-2-4-18-11-13-27(16-18)14-12-20-15-26-22-5-3-6-23(24(20)22)28-17-19-7-9-21(25)10-8-19/h3,5-10,15,18,26H,2,4,11-14,16-17H2,1H3. The van der Waals surface area contributed by atoms with Crippen LogP contribution in [-0.4, -0.2) is 29.5 Å². The van der Waals surface area contributed by atoms with Crippen LogP contribution in [0.25, 0.3) is 10.9 Å². The van der Waals surface area contributed by atoms with Crippen LogP contribution < -0.4 is 4.74 Å². The molecule has 1 aliphatic heterocycles. The Morgan fingerprint density at radius 1 is 1.18 bits per heavy atom. The minimum Gasteiger partial charge on any atom is -0.488 e. The molecule has 4 heteroatoms. The fourth-order valence-electron chi connectivity index (χ4n) is 4.32. The van der Waals surface area contributed by atoms with Crippen molar-refractivity contribution >= 4 is 10.9 Å². The van der Waals surface area contributed by atoms with E-state index in [0.717, 1.165) is 35.7 Å². The number of aromatic nitrogens is 1. The molecule has 0 bridgehead atoms. The molecule has 4 rings (SSSR count). The van der Waals surface area contributed by atoms with Crippen molar-refractivity contribution in [1.82, 2.24) is 9.88 Å². The van der Waals surface area contributed by atoms with Gasteiger partial charge in [0, 0.05) is 30.2 Å². The lowest BCUT2D eigenvalue weighted by Gasteiger charge is -2.16. The highest BCUT2D eigenvalue weighted by atomic mass is 19.1. The van der Waals surface area contributed by atoms with E-state index in [9.17, 15) is 4.39 Å². The normalized spacial score (nSPS) is 17.4. The summed E-state index contributed by atoms with van der Waals surface area (Å²) >= 11 is 0. The van der Waals surface area contributed by atoms with Crippen LogP contribution in [0, 0.1) is 11.7 Å². The van der Waals surface area contributed by atoms with E-state index in [1.54, 1.807) is 12.1 Å². The number of fused-ring (bicyclic) bond motifs is 1. The molecule has 1 N–H and O–H groups in total. The van der Waals surface area contributed by atoms with Gasteiger partial charge >= 0.3 is 0 Å². The molecule has 1 aromatic heterocycles. The van der Waals surface area contributed by atoms with Gasteiger partial charge in [0.25, 0.3) is 0 Å². The fraction of sp³-hybridized carbons (Fsp3) is 0.417. The highest BCUT2D eigenvalue weighted by molar-refractivity contribution is 5.89. The number of hydrogen-bond acceptors (Lipinski definition) is 2. The monoisotopic (exact) mass is 380 g/mol. The molecule has 0 spiro atoms. The predicted octanol–water partition coefficient (Wildman–Crippen LogP) is 5.55. The largest absolute Gasteiger partial charge is 0.488 e. The summed E-state index contributed by atoms with van der Waals surface area (Å²) in [6.07, 6.45) is 7.12. The number of nitrogens with zero attached hydrogens (tertiary/aromatic N) is 1. The number of ether oxygens (including phenoxy) is 1. The third-order valence-corrected chi connectivity index (χ3v) is 5.82. The Kier molecular flexibility index (Phi) is 5.96. The third-order valence-electron chi connectivity index (χ3n) is 5.82. The molecule has 1 unspecified atom stereocenters. The zero-order chi connectivity index (χ0) is 19.3. The van der Waals surface area contributed by atoms with Gasteiger partial charge in [0.05, 0.1) is 0 Å². The molecule has 28 heavy (non-hydrogen) atoms. The van der Waals surface area contributed by atoms with E-state index in [4.69, 9.17) is 4.74 Å². The maximum atomic E-state index is 13.1. The van der Waals surface area contributed by atoms with Crippen LogP contribution >= 0.6 is 0 Å². The van der Waals surface area contributed by atoms with E-state index in [2.05, 4.69) is 29.1 Å². The summed E-state index contributed by atoms with van der Waals surface area (Å²) in [4.78, 5) is 5.99. The van der Waals surface area contributed by atoms with Gasteiger partial charge in [-0.2, -0.15) is 0 Å². The Balaban J connectivity index is 1.43. The van der Waals surface area contributed by atoms with Crippen molar-refractivity contribution in [3.05, 3.63) is 65.6 Å². The summed E-state index contributed by atoms with van der Waals surface area (Å²) in [6.45, 7) is 6.28. The quantitative estimate of drug-likeness (QED) is 0.555. The second-order valence-electron chi connectivity index (χ2n) is 7.90. The average molecular weight is 381 g/mol. The lowest BCUT2D eigenvalue weighted by Crippen LogP contribution is -2.23. The van der Waals surface area contributed by atoms with Gasteiger partial charge in [0.1, 0.15) is 18.2 Å². The Labute approximate surface area is 166 Å². The van der Waals surface area contributed by atoms with Crippen molar-refractivity contribution in [2.24, 2.45) is 5.92 Å². The summed E-state index contributed by atoms with van der Waals surface area (Å²) in [5.41, 5.74) is 3.38. The van der Waals surface area contributed by atoms with Crippen LogP contribution in [0.15, 0.2) is 48.7 Å². The number of benzene rings is 2. The SMILES string of the molecule is CCCC1CCN(CCc2c[nH]c3cccc(OCc4ccc(F)cc4)c23)C1. The van der Waals surface area contributed by atoms with Crippen molar-refractivity contribution in [2.45, 2.75) is 39.2 Å². The summed E-state index contributed by atoms with van der Waals surface area (Å²) in [6, 6.07) is 12.6. The second kappa shape index (κ2) is 8.78. The Morgan fingerprint density at radius 2 is 2.04 bits per heavy atom. The van der Waals surface area contributed by atoms with Crippen molar-refractivity contribution in [3.8, 4) is 5.75 Å². The predicted molar refractivity (Wildman–Crippen MR) is 112 cm³/mol. The van der Waals surface area contributed by atoms with Gasteiger partial charge < -0.3 is 14.6 Å². The summed E-state index contributed by atoms with van der Waals surface area (Å²) in [5, 5.41) is 1.17. The Hall–Kier alpha value is -2.33. The number of likely N-dealkylation sites (tertiary alicyclic amines) is 1. The molecule has 1 aliphatic rings. The smallest absolute Gasteiger partial charge is 0.129 e. The number of halogens is 1. The maximum absolute atomic E-state index is 13.1. The fourth-order valence-corrected chi connectivity index (χ4v) is 4.32. The van der Waals surface area contributed by atoms with Crippen molar-refractivity contribution in [3.63, 3.8) is 0 Å². The minimum atomic E-state index is -0.220. The van der Waals surface area contributed by atoms with Crippen LogP contribution in [0.4, 0.5) is 4.39 Å². The van der Waals surface area contributed by atoms with Gasteiger partial charge in [-0.1, -0.05) is 31.5 Å². The lowest BCUT2D eigenvalue weighted by atomic mass is 10.0. The average Bonchev–Trinajstić information content (AvgIpc) is 3.33. The molecular formula is C24H29FN2O. The number of hydrogen-bond donors (Lipinski definition) is 1. The molecule has 0 radical (unpaired) electrons. The molecular weight excluding hydrogens is 351 g/mol. The molecule has 3 nitrogen and oxygen atoms in total. The first-order valence-corrected chi connectivity index (χ1v) is 10.4. The van der Waals surface area contributed by atoms with Gasteiger partial charge in [-0.15, -0.1) is 0 Å². The molecule has 2 aromatic carbocycles. The first-order chi connectivity index (χ1) is 13.7. The number of rotatable bonds is 8. The van der Waals surface area contributed by atoms with Gasteiger partial charge in [-0.3, -0.25) is 0 Å². The highest BCUT2D eigenvalue weighted by Gasteiger charge is 2.21. The van der Waals surface area contributed by atoms with Gasteiger partial charge in [-0.05, 0) is 67.1 Å². The van der Waals surface area contributed by atoms with Gasteiger partial charge in [0.2, 0.25) is 0 Å². The van der Waals surface area contributed by atoms with E-state index in [1.165, 1.54) is 55.4 Å². The van der Waals surface area contributed by atoms with Crippen molar-refractivity contribution < 1.29 is 9.13 Å². The molecule has 1 saturated heterocycles. The van der Waals surface area contributed by atoms with E-state index in [1.807, 2.05) is 12.1 Å². The van der Waals surface area contributed by atoms with Crippen LogP contribution in [-0.2, 0) is 13.0 Å². The molecule has 1 fully saturated rings. The Bertz CT molecular complexity index is 903. The second-order valence-corrected chi connectivity index (χ2v) is 7.90. The zero-order valence-corrected chi connectivity index (χ0v) is 16.6. The molecule has 0 saturated carbocycles. The number of nitrogens with one attached hydrogen (secondary N) is 1. The molecule has 3 aromatic rings. The summed E-state index contributed by atoms with van der Waals surface area (Å²) in [5.74, 6) is 1.55. The van der Waals surface area contributed by atoms with E-state index in [0.29, 0.717) is 6.61 Å². The van der Waals surface area contributed by atoms with Crippen molar-refractivity contribution in [2.75, 3.05) is 19.6 Å². The number of aromatic amines is 1. The Morgan fingerprint density at radius 3 is 2.86 bits per heavy atom. The van der Waals surface area contributed by atoms with Crippen LogP contribution in [0.1, 0.15) is 37.3 Å². The molecule has 2 heterocycles. The van der Waals surface area contributed by atoms with Crippen LogP contribution in [0.5, 0.6) is 5.75 Å². The van der Waals surface area contributed by atoms with E-state index in [-0.39, 0.29) is 5.82 Å². The topological polar surface area (TPSA) is 28.3 Å². The van der Waals surface area contributed by atoms with E-state index >= 15 is 0 Å². The third kappa shape index (κ3) is 4.39. The van der Waals surface area contributed by atoms with Crippen molar-refractivity contribution in [1.29, 1.82) is 0 Å². The number of H-pyrrole nitrogens is 1.